The molecule has 4 rings (SSSR count). The summed E-state index contributed by atoms with van der Waals surface area (Å²) in [5.41, 5.74) is 2.66. The Morgan fingerprint density at radius 2 is 1.30 bits per heavy atom. The average molecular weight is 437 g/mol. The highest BCUT2D eigenvalue weighted by Gasteiger charge is 2.21. The lowest BCUT2D eigenvalue weighted by Crippen LogP contribution is -2.43. The van der Waals surface area contributed by atoms with Gasteiger partial charge in [0.05, 0.1) is 6.42 Å². The molecule has 0 aliphatic rings. The SMILES string of the molecule is O=C(Cc1ccc2ccccc2c1)N[C@@H](Cc1ccc(C(=O)c2ccccc2)cc1)C(=O)O. The van der Waals surface area contributed by atoms with E-state index in [1.165, 1.54) is 0 Å². The first-order chi connectivity index (χ1) is 16.0. The third kappa shape index (κ3) is 5.52. The van der Waals surface area contributed by atoms with Gasteiger partial charge in [-0.25, -0.2) is 4.79 Å². The molecule has 0 unspecified atom stereocenters. The summed E-state index contributed by atoms with van der Waals surface area (Å²) in [6.07, 6.45) is 0.220. The van der Waals surface area contributed by atoms with E-state index >= 15 is 0 Å². The lowest BCUT2D eigenvalue weighted by Gasteiger charge is -2.15. The Morgan fingerprint density at radius 1 is 0.697 bits per heavy atom. The van der Waals surface area contributed by atoms with Crippen LogP contribution < -0.4 is 5.32 Å². The summed E-state index contributed by atoms with van der Waals surface area (Å²) >= 11 is 0. The number of aliphatic carboxylic acids is 1. The fourth-order valence-electron chi connectivity index (χ4n) is 3.76. The van der Waals surface area contributed by atoms with Gasteiger partial charge in [0.1, 0.15) is 6.04 Å². The molecule has 33 heavy (non-hydrogen) atoms. The summed E-state index contributed by atoms with van der Waals surface area (Å²) in [5.74, 6) is -1.56. The van der Waals surface area contributed by atoms with E-state index in [4.69, 9.17) is 0 Å². The van der Waals surface area contributed by atoms with Crippen LogP contribution in [0.25, 0.3) is 10.8 Å². The molecule has 164 valence electrons. The molecule has 1 atom stereocenters. The molecule has 0 aliphatic carbocycles. The van der Waals surface area contributed by atoms with E-state index in [9.17, 15) is 19.5 Å². The zero-order valence-corrected chi connectivity index (χ0v) is 17.9. The molecule has 1 amide bonds. The molecule has 0 spiro atoms. The Kier molecular flexibility index (Phi) is 6.60. The van der Waals surface area contributed by atoms with Crippen LogP contribution in [0.5, 0.6) is 0 Å². The second-order valence-corrected chi connectivity index (χ2v) is 7.91. The van der Waals surface area contributed by atoms with Crippen molar-refractivity contribution in [3.63, 3.8) is 0 Å². The summed E-state index contributed by atoms with van der Waals surface area (Å²) in [7, 11) is 0. The van der Waals surface area contributed by atoms with Crippen LogP contribution >= 0.6 is 0 Å². The molecular weight excluding hydrogens is 414 g/mol. The lowest BCUT2D eigenvalue weighted by molar-refractivity contribution is -0.141. The number of benzene rings is 4. The molecule has 2 N–H and O–H groups in total. The number of nitrogens with one attached hydrogen (secondary N) is 1. The Bertz CT molecular complexity index is 1300. The van der Waals surface area contributed by atoms with Crippen LogP contribution in [0.15, 0.2) is 97.1 Å². The summed E-state index contributed by atoms with van der Waals surface area (Å²) in [5, 5.41) is 14.3. The number of ketones is 1. The highest BCUT2D eigenvalue weighted by molar-refractivity contribution is 6.08. The Balaban J connectivity index is 1.40. The minimum Gasteiger partial charge on any atom is -0.480 e. The summed E-state index contributed by atoms with van der Waals surface area (Å²) in [6.45, 7) is 0. The quantitative estimate of drug-likeness (QED) is 0.400. The monoisotopic (exact) mass is 437 g/mol. The molecule has 0 radical (unpaired) electrons. The van der Waals surface area contributed by atoms with Gasteiger partial charge in [0.15, 0.2) is 5.78 Å². The first-order valence-corrected chi connectivity index (χ1v) is 10.7. The zero-order chi connectivity index (χ0) is 23.2. The predicted octanol–water partition coefficient (Wildman–Crippen LogP) is 4.43. The fourth-order valence-corrected chi connectivity index (χ4v) is 3.76. The van der Waals surface area contributed by atoms with E-state index in [1.54, 1.807) is 48.5 Å². The van der Waals surface area contributed by atoms with Crippen LogP contribution in [0.3, 0.4) is 0 Å². The van der Waals surface area contributed by atoms with Crippen molar-refractivity contribution in [3.8, 4) is 0 Å². The van der Waals surface area contributed by atoms with Crippen LogP contribution in [0.1, 0.15) is 27.0 Å². The van der Waals surface area contributed by atoms with Crippen LogP contribution in [0, 0.1) is 0 Å². The van der Waals surface area contributed by atoms with Gasteiger partial charge in [-0.15, -0.1) is 0 Å². The first-order valence-electron chi connectivity index (χ1n) is 10.7. The predicted molar refractivity (Wildman–Crippen MR) is 127 cm³/mol. The first kappa shape index (κ1) is 22.0. The number of hydrogen-bond acceptors (Lipinski definition) is 3. The van der Waals surface area contributed by atoms with Crippen molar-refractivity contribution in [2.75, 3.05) is 0 Å². The van der Waals surface area contributed by atoms with Crippen molar-refractivity contribution < 1.29 is 19.5 Å². The number of fused-ring (bicyclic) bond motifs is 1. The second-order valence-electron chi connectivity index (χ2n) is 7.91. The smallest absolute Gasteiger partial charge is 0.326 e. The van der Waals surface area contributed by atoms with Crippen LogP contribution in [0.4, 0.5) is 0 Å². The largest absolute Gasteiger partial charge is 0.480 e. The number of carbonyl (C=O) groups excluding carboxylic acids is 2. The number of hydrogen-bond donors (Lipinski definition) is 2. The molecular formula is C28H23NO4. The van der Waals surface area contributed by atoms with Crippen molar-refractivity contribution in [2.24, 2.45) is 0 Å². The minimum atomic E-state index is -1.11. The molecule has 5 nitrogen and oxygen atoms in total. The summed E-state index contributed by atoms with van der Waals surface area (Å²) in [4.78, 5) is 36.8. The van der Waals surface area contributed by atoms with E-state index in [2.05, 4.69) is 5.32 Å². The number of carboxylic acids is 1. The van der Waals surface area contributed by atoms with Crippen molar-refractivity contribution >= 4 is 28.4 Å². The van der Waals surface area contributed by atoms with Gasteiger partial charge in [-0.3, -0.25) is 9.59 Å². The van der Waals surface area contributed by atoms with Gasteiger partial charge in [0, 0.05) is 17.5 Å². The van der Waals surface area contributed by atoms with Crippen molar-refractivity contribution in [1.82, 2.24) is 5.32 Å². The van der Waals surface area contributed by atoms with Gasteiger partial charge in [0.2, 0.25) is 5.91 Å². The van der Waals surface area contributed by atoms with E-state index in [-0.39, 0.29) is 24.5 Å². The molecule has 0 aliphatic heterocycles. The van der Waals surface area contributed by atoms with Crippen molar-refractivity contribution in [1.29, 1.82) is 0 Å². The molecule has 4 aromatic rings. The van der Waals surface area contributed by atoms with E-state index in [0.717, 1.165) is 21.9 Å². The minimum absolute atomic E-state index is 0.0964. The van der Waals surface area contributed by atoms with E-state index < -0.39 is 12.0 Å². The van der Waals surface area contributed by atoms with Gasteiger partial charge in [0.25, 0.3) is 0 Å². The van der Waals surface area contributed by atoms with Gasteiger partial charge in [-0.2, -0.15) is 0 Å². The number of amides is 1. The third-order valence-corrected chi connectivity index (χ3v) is 5.50. The fraction of sp³-hybridized carbons (Fsp3) is 0.107. The van der Waals surface area contributed by atoms with Crippen LogP contribution in [-0.4, -0.2) is 28.8 Å². The zero-order valence-electron chi connectivity index (χ0n) is 17.9. The average Bonchev–Trinajstić information content (AvgIpc) is 2.84. The lowest BCUT2D eigenvalue weighted by atomic mass is 9.99. The standard InChI is InChI=1S/C28H23NO4/c30-26(18-20-12-13-21-6-4-5-9-24(21)16-20)29-25(28(32)33)17-19-10-14-23(15-11-19)27(31)22-7-2-1-3-8-22/h1-16,25H,17-18H2,(H,29,30)(H,32,33)/t25-/m0/s1. The maximum absolute atomic E-state index is 12.5. The van der Waals surface area contributed by atoms with Gasteiger partial charge in [-0.05, 0) is 21.9 Å². The van der Waals surface area contributed by atoms with Gasteiger partial charge < -0.3 is 10.4 Å². The highest BCUT2D eigenvalue weighted by Crippen LogP contribution is 2.16. The van der Waals surface area contributed by atoms with Crippen molar-refractivity contribution in [3.05, 3.63) is 119 Å². The normalized spacial score (nSPS) is 11.6. The molecule has 0 saturated carbocycles. The third-order valence-electron chi connectivity index (χ3n) is 5.50. The van der Waals surface area contributed by atoms with E-state index in [0.29, 0.717) is 11.1 Å². The molecule has 5 heteroatoms. The second kappa shape index (κ2) is 9.92. The van der Waals surface area contributed by atoms with Crippen LogP contribution in [-0.2, 0) is 22.4 Å². The highest BCUT2D eigenvalue weighted by atomic mass is 16.4. The molecule has 0 heterocycles. The Morgan fingerprint density at radius 3 is 2.00 bits per heavy atom. The Labute approximate surface area is 191 Å². The summed E-state index contributed by atoms with van der Waals surface area (Å²) in [6, 6.07) is 28.3. The Hall–Kier alpha value is -4.25. The topological polar surface area (TPSA) is 83.5 Å². The van der Waals surface area contributed by atoms with Crippen molar-refractivity contribution in [2.45, 2.75) is 18.9 Å². The molecule has 0 aromatic heterocycles. The maximum Gasteiger partial charge on any atom is 0.326 e. The molecule has 4 aromatic carbocycles. The molecule has 0 bridgehead atoms. The summed E-state index contributed by atoms with van der Waals surface area (Å²) < 4.78 is 0. The number of carbonyl (C=O) groups is 3. The van der Waals surface area contributed by atoms with Crippen LogP contribution in [0.2, 0.25) is 0 Å². The maximum atomic E-state index is 12.5. The van der Waals surface area contributed by atoms with Gasteiger partial charge >= 0.3 is 5.97 Å². The van der Waals surface area contributed by atoms with Gasteiger partial charge in [-0.1, -0.05) is 97.1 Å². The molecule has 0 fully saturated rings. The number of carboxylic acid groups (broad SMARTS) is 1. The molecule has 0 saturated heterocycles. The van der Waals surface area contributed by atoms with E-state index in [1.807, 2.05) is 48.5 Å². The number of rotatable bonds is 8.